The fraction of sp³-hybridized carbons (Fsp3) is 0.222. The van der Waals surface area contributed by atoms with Crippen molar-refractivity contribution in [3.8, 4) is 0 Å². The fourth-order valence-corrected chi connectivity index (χ4v) is 2.43. The molecule has 25 heavy (non-hydrogen) atoms. The van der Waals surface area contributed by atoms with Gasteiger partial charge in [0.1, 0.15) is 0 Å². The SMILES string of the molecule is CN(C(=O)C1CC1)c1ccccc1C(=O)NNC(=O)c1cccnc1. The number of hydrogen-bond donors (Lipinski definition) is 2. The number of hydrazine groups is 1. The third-order valence-electron chi connectivity index (χ3n) is 3.98. The van der Waals surface area contributed by atoms with Crippen molar-refractivity contribution in [3.05, 3.63) is 59.9 Å². The molecule has 0 radical (unpaired) electrons. The highest BCUT2D eigenvalue weighted by Crippen LogP contribution is 2.33. The summed E-state index contributed by atoms with van der Waals surface area (Å²) >= 11 is 0. The Bertz CT molecular complexity index is 803. The molecule has 7 nitrogen and oxygen atoms in total. The number of aromatic nitrogens is 1. The molecule has 3 rings (SSSR count). The van der Waals surface area contributed by atoms with Gasteiger partial charge in [0.15, 0.2) is 0 Å². The normalized spacial score (nSPS) is 13.0. The van der Waals surface area contributed by atoms with E-state index in [-0.39, 0.29) is 11.8 Å². The second kappa shape index (κ2) is 7.12. The Balaban J connectivity index is 1.70. The van der Waals surface area contributed by atoms with Gasteiger partial charge in [-0.1, -0.05) is 12.1 Å². The first-order valence-electron chi connectivity index (χ1n) is 7.95. The highest BCUT2D eigenvalue weighted by Gasteiger charge is 2.33. The number of benzene rings is 1. The van der Waals surface area contributed by atoms with Crippen LogP contribution < -0.4 is 15.8 Å². The van der Waals surface area contributed by atoms with Crippen LogP contribution in [0.15, 0.2) is 48.8 Å². The van der Waals surface area contributed by atoms with Gasteiger partial charge in [0.2, 0.25) is 5.91 Å². The van der Waals surface area contributed by atoms with Gasteiger partial charge in [0, 0.05) is 25.4 Å². The van der Waals surface area contributed by atoms with Crippen LogP contribution in [0.3, 0.4) is 0 Å². The number of pyridine rings is 1. The summed E-state index contributed by atoms with van der Waals surface area (Å²) in [5, 5.41) is 0. The smallest absolute Gasteiger partial charge is 0.271 e. The van der Waals surface area contributed by atoms with Crippen molar-refractivity contribution < 1.29 is 14.4 Å². The molecule has 1 aromatic heterocycles. The predicted molar refractivity (Wildman–Crippen MR) is 91.7 cm³/mol. The van der Waals surface area contributed by atoms with Crippen LogP contribution in [0.2, 0.25) is 0 Å². The summed E-state index contributed by atoms with van der Waals surface area (Å²) < 4.78 is 0. The zero-order valence-electron chi connectivity index (χ0n) is 13.7. The maximum absolute atomic E-state index is 12.4. The average molecular weight is 338 g/mol. The molecule has 0 aliphatic heterocycles. The molecule has 1 aliphatic carbocycles. The molecule has 128 valence electrons. The molecule has 7 heteroatoms. The molecule has 3 amide bonds. The Morgan fingerprint density at radius 3 is 2.44 bits per heavy atom. The van der Waals surface area contributed by atoms with Gasteiger partial charge in [-0.05, 0) is 37.1 Å². The zero-order chi connectivity index (χ0) is 17.8. The number of para-hydroxylation sites is 1. The molecular formula is C18H18N4O3. The van der Waals surface area contributed by atoms with Crippen LogP contribution in [0.4, 0.5) is 5.69 Å². The minimum atomic E-state index is -0.497. The molecule has 1 saturated carbocycles. The van der Waals surface area contributed by atoms with Crippen LogP contribution in [0, 0.1) is 5.92 Å². The van der Waals surface area contributed by atoms with Crippen molar-refractivity contribution in [2.24, 2.45) is 5.92 Å². The molecule has 2 N–H and O–H groups in total. The summed E-state index contributed by atoms with van der Waals surface area (Å²) in [6.07, 6.45) is 4.73. The number of nitrogens with zero attached hydrogens (tertiary/aromatic N) is 2. The van der Waals surface area contributed by atoms with Crippen LogP contribution in [-0.4, -0.2) is 29.8 Å². The Kier molecular flexibility index (Phi) is 4.74. The summed E-state index contributed by atoms with van der Waals surface area (Å²) in [6.45, 7) is 0. The molecule has 2 aromatic rings. The summed E-state index contributed by atoms with van der Waals surface area (Å²) in [6, 6.07) is 10.00. The number of carbonyl (C=O) groups excluding carboxylic acids is 3. The van der Waals surface area contributed by atoms with Crippen LogP contribution in [0.25, 0.3) is 0 Å². The van der Waals surface area contributed by atoms with Crippen molar-refractivity contribution in [2.45, 2.75) is 12.8 Å². The lowest BCUT2D eigenvalue weighted by molar-refractivity contribution is -0.119. The monoisotopic (exact) mass is 338 g/mol. The molecule has 1 heterocycles. The Hall–Kier alpha value is -3.22. The molecule has 0 bridgehead atoms. The van der Waals surface area contributed by atoms with Gasteiger partial charge in [-0.25, -0.2) is 0 Å². The lowest BCUT2D eigenvalue weighted by atomic mass is 10.1. The van der Waals surface area contributed by atoms with E-state index in [0.717, 1.165) is 12.8 Å². The molecule has 0 atom stereocenters. The Morgan fingerprint density at radius 2 is 1.76 bits per heavy atom. The van der Waals surface area contributed by atoms with E-state index >= 15 is 0 Å². The van der Waals surface area contributed by atoms with Crippen molar-refractivity contribution >= 4 is 23.4 Å². The zero-order valence-corrected chi connectivity index (χ0v) is 13.7. The van der Waals surface area contributed by atoms with E-state index in [9.17, 15) is 14.4 Å². The molecule has 0 unspecified atom stereocenters. The number of hydrogen-bond acceptors (Lipinski definition) is 4. The molecule has 0 saturated heterocycles. The van der Waals surface area contributed by atoms with Crippen LogP contribution in [-0.2, 0) is 4.79 Å². The van der Waals surface area contributed by atoms with Gasteiger partial charge < -0.3 is 4.90 Å². The van der Waals surface area contributed by atoms with Gasteiger partial charge in [-0.15, -0.1) is 0 Å². The van der Waals surface area contributed by atoms with E-state index in [4.69, 9.17) is 0 Å². The summed E-state index contributed by atoms with van der Waals surface area (Å²) in [5.41, 5.74) is 5.87. The number of nitrogens with one attached hydrogen (secondary N) is 2. The van der Waals surface area contributed by atoms with E-state index in [1.807, 2.05) is 0 Å². The number of rotatable bonds is 4. The minimum absolute atomic E-state index is 0.000328. The largest absolute Gasteiger partial charge is 0.314 e. The summed E-state index contributed by atoms with van der Waals surface area (Å²) in [5.74, 6) is -0.921. The van der Waals surface area contributed by atoms with Crippen molar-refractivity contribution in [1.29, 1.82) is 0 Å². The topological polar surface area (TPSA) is 91.4 Å². The lowest BCUT2D eigenvalue weighted by Crippen LogP contribution is -2.42. The van der Waals surface area contributed by atoms with E-state index in [1.54, 1.807) is 49.6 Å². The molecular weight excluding hydrogens is 320 g/mol. The highest BCUT2D eigenvalue weighted by molar-refractivity contribution is 6.06. The number of carbonyl (C=O) groups is 3. The Morgan fingerprint density at radius 1 is 1.04 bits per heavy atom. The standard InChI is InChI=1S/C18H18N4O3/c1-22(18(25)12-8-9-12)15-7-3-2-6-14(15)17(24)21-20-16(23)13-5-4-10-19-11-13/h2-7,10-12H,8-9H2,1H3,(H,20,23)(H,21,24). The third kappa shape index (κ3) is 3.82. The van der Waals surface area contributed by atoms with Crippen LogP contribution in [0.1, 0.15) is 33.6 Å². The predicted octanol–water partition coefficient (Wildman–Crippen LogP) is 1.53. The van der Waals surface area contributed by atoms with Gasteiger partial charge in [-0.3, -0.25) is 30.2 Å². The van der Waals surface area contributed by atoms with Gasteiger partial charge in [-0.2, -0.15) is 0 Å². The highest BCUT2D eigenvalue weighted by atomic mass is 16.2. The minimum Gasteiger partial charge on any atom is -0.314 e. The maximum Gasteiger partial charge on any atom is 0.271 e. The Labute approximate surface area is 145 Å². The first-order valence-corrected chi connectivity index (χ1v) is 7.95. The van der Waals surface area contributed by atoms with Gasteiger partial charge in [0.25, 0.3) is 11.8 Å². The van der Waals surface area contributed by atoms with Crippen molar-refractivity contribution in [2.75, 3.05) is 11.9 Å². The van der Waals surface area contributed by atoms with Crippen LogP contribution in [0.5, 0.6) is 0 Å². The molecule has 0 spiro atoms. The average Bonchev–Trinajstić information content (AvgIpc) is 3.50. The van der Waals surface area contributed by atoms with Gasteiger partial charge >= 0.3 is 0 Å². The molecule has 1 aliphatic rings. The summed E-state index contributed by atoms with van der Waals surface area (Å²) in [7, 11) is 1.65. The van der Waals surface area contributed by atoms with Gasteiger partial charge in [0.05, 0.1) is 16.8 Å². The second-order valence-corrected chi connectivity index (χ2v) is 5.84. The van der Waals surface area contributed by atoms with E-state index in [0.29, 0.717) is 16.8 Å². The number of amides is 3. The summed E-state index contributed by atoms with van der Waals surface area (Å²) in [4.78, 5) is 42.0. The number of anilines is 1. The van der Waals surface area contributed by atoms with Crippen molar-refractivity contribution in [1.82, 2.24) is 15.8 Å². The molecule has 1 aromatic carbocycles. The third-order valence-corrected chi connectivity index (χ3v) is 3.98. The first-order chi connectivity index (χ1) is 12.1. The van der Waals surface area contributed by atoms with Crippen molar-refractivity contribution in [3.63, 3.8) is 0 Å². The second-order valence-electron chi connectivity index (χ2n) is 5.84. The van der Waals surface area contributed by atoms with Crippen LogP contribution >= 0.6 is 0 Å². The van der Waals surface area contributed by atoms with E-state index in [2.05, 4.69) is 15.8 Å². The lowest BCUT2D eigenvalue weighted by Gasteiger charge is -2.20. The molecule has 1 fully saturated rings. The maximum atomic E-state index is 12.4. The van der Waals surface area contributed by atoms with E-state index < -0.39 is 11.8 Å². The first kappa shape index (κ1) is 16.6. The fourth-order valence-electron chi connectivity index (χ4n) is 2.43. The quantitative estimate of drug-likeness (QED) is 0.827. The van der Waals surface area contributed by atoms with E-state index in [1.165, 1.54) is 11.1 Å².